The highest BCUT2D eigenvalue weighted by Crippen LogP contribution is 2.23. The fourth-order valence-electron chi connectivity index (χ4n) is 3.38. The quantitative estimate of drug-likeness (QED) is 0.907. The third kappa shape index (κ3) is 4.07. The number of aromatic nitrogens is 2. The number of hydrogen-bond donors (Lipinski definition) is 1. The molecule has 1 aliphatic heterocycles. The maximum Gasteiger partial charge on any atom is 0.303 e. The Hall–Kier alpha value is -2.63. The molecule has 0 aliphatic carbocycles. The number of aryl methyl sites for hydroxylation is 1. The molecule has 6 heteroatoms. The predicted molar refractivity (Wildman–Crippen MR) is 93.8 cm³/mol. The van der Waals surface area contributed by atoms with Crippen LogP contribution in [0.1, 0.15) is 41.9 Å². The van der Waals surface area contributed by atoms with Gasteiger partial charge in [-0.1, -0.05) is 18.2 Å². The number of piperidine rings is 1. The van der Waals surface area contributed by atoms with Gasteiger partial charge in [0.2, 0.25) is 0 Å². The molecule has 1 N–H and O–H groups in total. The molecule has 1 saturated heterocycles. The fraction of sp³-hybridized carbons (Fsp3) is 0.421. The van der Waals surface area contributed by atoms with Crippen LogP contribution < -0.4 is 0 Å². The molecule has 0 saturated carbocycles. The Morgan fingerprint density at radius 3 is 2.76 bits per heavy atom. The average molecular weight is 341 g/mol. The fourth-order valence-corrected chi connectivity index (χ4v) is 3.38. The highest BCUT2D eigenvalue weighted by Gasteiger charge is 2.26. The Balaban J connectivity index is 1.71. The molecule has 1 aromatic heterocycles. The van der Waals surface area contributed by atoms with Crippen molar-refractivity contribution < 1.29 is 14.7 Å². The van der Waals surface area contributed by atoms with Gasteiger partial charge in [-0.05, 0) is 50.3 Å². The zero-order valence-corrected chi connectivity index (χ0v) is 14.4. The number of aliphatic carboxylic acids is 1. The number of carboxylic acid groups (broad SMARTS) is 1. The Morgan fingerprint density at radius 1 is 1.28 bits per heavy atom. The van der Waals surface area contributed by atoms with Crippen molar-refractivity contribution in [1.82, 2.24) is 14.7 Å². The smallest absolute Gasteiger partial charge is 0.303 e. The zero-order valence-electron chi connectivity index (χ0n) is 14.4. The van der Waals surface area contributed by atoms with Crippen LogP contribution in [0.3, 0.4) is 0 Å². The second kappa shape index (κ2) is 7.51. The molecular weight excluding hydrogens is 318 g/mol. The van der Waals surface area contributed by atoms with Gasteiger partial charge in [0, 0.05) is 25.2 Å². The van der Waals surface area contributed by atoms with Crippen molar-refractivity contribution in [2.75, 3.05) is 13.1 Å². The molecule has 25 heavy (non-hydrogen) atoms. The molecule has 1 aromatic carbocycles. The summed E-state index contributed by atoms with van der Waals surface area (Å²) >= 11 is 0. The van der Waals surface area contributed by atoms with Gasteiger partial charge in [-0.2, -0.15) is 5.10 Å². The van der Waals surface area contributed by atoms with Gasteiger partial charge in [-0.25, -0.2) is 4.68 Å². The number of benzene rings is 1. The number of carbonyl (C=O) groups is 2. The third-order valence-electron chi connectivity index (χ3n) is 4.68. The highest BCUT2D eigenvalue weighted by atomic mass is 16.4. The summed E-state index contributed by atoms with van der Waals surface area (Å²) in [6, 6.07) is 11.6. The van der Waals surface area contributed by atoms with Crippen LogP contribution in [0.25, 0.3) is 5.69 Å². The SMILES string of the molecule is Cc1cc(C(=O)N2CCCC(CCC(=O)O)C2)nn1-c1ccccc1. The van der Waals surface area contributed by atoms with Crippen LogP contribution in [0.15, 0.2) is 36.4 Å². The molecule has 1 atom stereocenters. The summed E-state index contributed by atoms with van der Waals surface area (Å²) in [7, 11) is 0. The van der Waals surface area contributed by atoms with E-state index in [1.807, 2.05) is 48.2 Å². The molecule has 1 unspecified atom stereocenters. The Labute approximate surface area is 147 Å². The van der Waals surface area contributed by atoms with E-state index in [0.29, 0.717) is 25.2 Å². The molecule has 0 spiro atoms. The summed E-state index contributed by atoms with van der Waals surface area (Å²) in [4.78, 5) is 25.4. The summed E-state index contributed by atoms with van der Waals surface area (Å²) in [5.74, 6) is -0.593. The first-order valence-electron chi connectivity index (χ1n) is 8.68. The van der Waals surface area contributed by atoms with Crippen molar-refractivity contribution in [3.05, 3.63) is 47.8 Å². The van der Waals surface area contributed by atoms with Gasteiger partial charge in [0.25, 0.3) is 5.91 Å². The number of amides is 1. The van der Waals surface area contributed by atoms with Gasteiger partial charge in [-0.3, -0.25) is 9.59 Å². The minimum atomic E-state index is -0.777. The van der Waals surface area contributed by atoms with Crippen LogP contribution in [-0.4, -0.2) is 44.8 Å². The minimum Gasteiger partial charge on any atom is -0.481 e. The van der Waals surface area contributed by atoms with Crippen molar-refractivity contribution in [1.29, 1.82) is 0 Å². The molecule has 6 nitrogen and oxygen atoms in total. The summed E-state index contributed by atoms with van der Waals surface area (Å²) in [6.07, 6.45) is 2.67. The lowest BCUT2D eigenvalue weighted by atomic mass is 9.93. The first-order chi connectivity index (χ1) is 12.0. The third-order valence-corrected chi connectivity index (χ3v) is 4.68. The zero-order chi connectivity index (χ0) is 17.8. The van der Waals surface area contributed by atoms with Crippen LogP contribution in [0, 0.1) is 12.8 Å². The number of carbonyl (C=O) groups excluding carboxylic acids is 1. The molecule has 0 bridgehead atoms. The second-order valence-corrected chi connectivity index (χ2v) is 6.61. The normalized spacial score (nSPS) is 17.5. The number of likely N-dealkylation sites (tertiary alicyclic amines) is 1. The second-order valence-electron chi connectivity index (χ2n) is 6.61. The largest absolute Gasteiger partial charge is 0.481 e. The van der Waals surface area contributed by atoms with Crippen LogP contribution >= 0.6 is 0 Å². The lowest BCUT2D eigenvalue weighted by molar-refractivity contribution is -0.137. The molecule has 2 heterocycles. The van der Waals surface area contributed by atoms with Gasteiger partial charge < -0.3 is 10.0 Å². The van der Waals surface area contributed by atoms with Gasteiger partial charge in [0.05, 0.1) is 5.69 Å². The van der Waals surface area contributed by atoms with E-state index in [1.54, 1.807) is 4.68 Å². The van der Waals surface area contributed by atoms with Crippen molar-refractivity contribution in [2.24, 2.45) is 5.92 Å². The van der Waals surface area contributed by atoms with Crippen molar-refractivity contribution in [3.8, 4) is 5.69 Å². The number of rotatable bonds is 5. The van der Waals surface area contributed by atoms with Crippen molar-refractivity contribution in [2.45, 2.75) is 32.6 Å². The number of para-hydroxylation sites is 1. The number of carboxylic acids is 1. The van der Waals surface area contributed by atoms with E-state index in [1.165, 1.54) is 0 Å². The molecule has 1 fully saturated rings. The molecule has 132 valence electrons. The number of hydrogen-bond acceptors (Lipinski definition) is 3. The van der Waals surface area contributed by atoms with Crippen LogP contribution in [0.5, 0.6) is 0 Å². The standard InChI is InChI=1S/C19H23N3O3/c1-14-12-17(20-22(14)16-7-3-2-4-8-16)19(25)21-11-5-6-15(13-21)9-10-18(23)24/h2-4,7-8,12,15H,5-6,9-11,13H2,1H3,(H,23,24). The summed E-state index contributed by atoms with van der Waals surface area (Å²) < 4.78 is 1.78. The monoisotopic (exact) mass is 341 g/mol. The van der Waals surface area contributed by atoms with E-state index < -0.39 is 5.97 Å². The highest BCUT2D eigenvalue weighted by molar-refractivity contribution is 5.92. The molecular formula is C19H23N3O3. The molecule has 2 aromatic rings. The van der Waals surface area contributed by atoms with Crippen LogP contribution in [-0.2, 0) is 4.79 Å². The molecule has 1 aliphatic rings. The Kier molecular flexibility index (Phi) is 5.16. The van der Waals surface area contributed by atoms with E-state index >= 15 is 0 Å². The van der Waals surface area contributed by atoms with Gasteiger partial charge >= 0.3 is 5.97 Å². The Morgan fingerprint density at radius 2 is 2.04 bits per heavy atom. The van der Waals surface area contributed by atoms with Crippen LogP contribution in [0.4, 0.5) is 0 Å². The van der Waals surface area contributed by atoms with Gasteiger partial charge in [0.1, 0.15) is 0 Å². The number of nitrogens with zero attached hydrogens (tertiary/aromatic N) is 3. The summed E-state index contributed by atoms with van der Waals surface area (Å²) in [6.45, 7) is 3.26. The summed E-state index contributed by atoms with van der Waals surface area (Å²) in [5.41, 5.74) is 2.28. The van der Waals surface area contributed by atoms with Crippen LogP contribution in [0.2, 0.25) is 0 Å². The summed E-state index contributed by atoms with van der Waals surface area (Å²) in [5, 5.41) is 13.3. The predicted octanol–water partition coefficient (Wildman–Crippen LogP) is 2.90. The van der Waals surface area contributed by atoms with Gasteiger partial charge in [0.15, 0.2) is 5.69 Å². The maximum atomic E-state index is 12.8. The van der Waals surface area contributed by atoms with E-state index in [2.05, 4.69) is 5.10 Å². The minimum absolute atomic E-state index is 0.0715. The van der Waals surface area contributed by atoms with E-state index in [-0.39, 0.29) is 18.2 Å². The van der Waals surface area contributed by atoms with Crippen molar-refractivity contribution in [3.63, 3.8) is 0 Å². The molecule has 3 rings (SSSR count). The first-order valence-corrected chi connectivity index (χ1v) is 8.68. The average Bonchev–Trinajstić information content (AvgIpc) is 3.02. The van der Waals surface area contributed by atoms with Crippen molar-refractivity contribution >= 4 is 11.9 Å². The van der Waals surface area contributed by atoms with E-state index in [9.17, 15) is 9.59 Å². The van der Waals surface area contributed by atoms with E-state index in [0.717, 1.165) is 24.2 Å². The first kappa shape index (κ1) is 17.2. The lowest BCUT2D eigenvalue weighted by Crippen LogP contribution is -2.40. The van der Waals surface area contributed by atoms with Gasteiger partial charge in [-0.15, -0.1) is 0 Å². The molecule has 0 radical (unpaired) electrons. The molecule has 1 amide bonds. The maximum absolute atomic E-state index is 12.8. The Bertz CT molecular complexity index is 755. The lowest BCUT2D eigenvalue weighted by Gasteiger charge is -2.32. The van der Waals surface area contributed by atoms with E-state index in [4.69, 9.17) is 5.11 Å². The topological polar surface area (TPSA) is 75.4 Å².